The summed E-state index contributed by atoms with van der Waals surface area (Å²) in [4.78, 5) is 3.92. The first kappa shape index (κ1) is 12.4. The zero-order chi connectivity index (χ0) is 12.0. The molecule has 0 N–H and O–H groups in total. The zero-order valence-corrected chi connectivity index (χ0v) is 10.5. The number of aryl methyl sites for hydroxylation is 1. The second-order valence-electron chi connectivity index (χ2n) is 3.89. The van der Waals surface area contributed by atoms with Crippen LogP contribution in [0.2, 0.25) is 0 Å². The lowest BCUT2D eigenvalue weighted by atomic mass is 9.98. The van der Waals surface area contributed by atoms with Crippen molar-refractivity contribution in [3.05, 3.63) is 53.1 Å². The van der Waals surface area contributed by atoms with Gasteiger partial charge in [0.1, 0.15) is 0 Å². The molecule has 1 aromatic rings. The van der Waals surface area contributed by atoms with Crippen molar-refractivity contribution in [2.24, 2.45) is 4.99 Å². The lowest BCUT2D eigenvalue weighted by molar-refractivity contribution is 1.38. The molecule has 1 heteroatoms. The Morgan fingerprint density at radius 1 is 1.19 bits per heavy atom. The van der Waals surface area contributed by atoms with Gasteiger partial charge in [-0.15, -0.1) is 0 Å². The van der Waals surface area contributed by atoms with Crippen LogP contribution in [0.15, 0.2) is 47.0 Å². The maximum atomic E-state index is 3.92. The maximum absolute atomic E-state index is 3.92. The van der Waals surface area contributed by atoms with Crippen molar-refractivity contribution in [1.82, 2.24) is 0 Å². The number of aliphatic imine (C=N–C) groups is 1. The van der Waals surface area contributed by atoms with Crippen molar-refractivity contribution in [1.29, 1.82) is 0 Å². The Labute approximate surface area is 98.2 Å². The van der Waals surface area contributed by atoms with Gasteiger partial charge in [0.15, 0.2) is 0 Å². The van der Waals surface area contributed by atoms with Crippen LogP contribution in [0.25, 0.3) is 5.57 Å². The minimum absolute atomic E-state index is 1.27. The van der Waals surface area contributed by atoms with Crippen molar-refractivity contribution in [3.8, 4) is 0 Å². The van der Waals surface area contributed by atoms with E-state index < -0.39 is 0 Å². The second kappa shape index (κ2) is 6.06. The number of hydrogen-bond acceptors (Lipinski definition) is 1. The van der Waals surface area contributed by atoms with Gasteiger partial charge >= 0.3 is 0 Å². The smallest absolute Gasteiger partial charge is 0.0277 e. The van der Waals surface area contributed by atoms with Crippen molar-refractivity contribution < 1.29 is 0 Å². The topological polar surface area (TPSA) is 12.4 Å². The number of rotatable bonds is 3. The molecule has 0 aliphatic rings. The van der Waals surface area contributed by atoms with E-state index in [1.807, 2.05) is 6.08 Å². The van der Waals surface area contributed by atoms with Gasteiger partial charge in [-0.3, -0.25) is 4.99 Å². The van der Waals surface area contributed by atoms with Crippen LogP contribution in [0.1, 0.15) is 25.0 Å². The molecule has 0 amide bonds. The van der Waals surface area contributed by atoms with E-state index in [1.54, 1.807) is 13.3 Å². The van der Waals surface area contributed by atoms with Gasteiger partial charge < -0.3 is 0 Å². The summed E-state index contributed by atoms with van der Waals surface area (Å²) >= 11 is 0. The number of nitrogens with zero attached hydrogens (tertiary/aromatic N) is 1. The molecule has 1 rings (SSSR count). The van der Waals surface area contributed by atoms with E-state index in [-0.39, 0.29) is 0 Å². The third-order valence-corrected chi connectivity index (χ3v) is 2.72. The highest BCUT2D eigenvalue weighted by molar-refractivity contribution is 5.75. The molecule has 0 bridgehead atoms. The predicted octanol–water partition coefficient (Wildman–Crippen LogP) is 4.05. The van der Waals surface area contributed by atoms with Crippen LogP contribution in [0.5, 0.6) is 0 Å². The minimum Gasteiger partial charge on any atom is -0.297 e. The Bertz CT molecular complexity index is 437. The van der Waals surface area contributed by atoms with Crippen LogP contribution < -0.4 is 0 Å². The van der Waals surface area contributed by atoms with Crippen molar-refractivity contribution in [2.75, 3.05) is 7.05 Å². The van der Waals surface area contributed by atoms with E-state index in [0.717, 1.165) is 0 Å². The summed E-state index contributed by atoms with van der Waals surface area (Å²) < 4.78 is 0. The molecule has 0 saturated heterocycles. The summed E-state index contributed by atoms with van der Waals surface area (Å²) in [7, 11) is 1.78. The van der Waals surface area contributed by atoms with Crippen LogP contribution in [0.4, 0.5) is 0 Å². The van der Waals surface area contributed by atoms with E-state index in [0.29, 0.717) is 0 Å². The fourth-order valence-corrected chi connectivity index (χ4v) is 1.60. The molecule has 0 aromatic heterocycles. The molecule has 0 radical (unpaired) electrons. The van der Waals surface area contributed by atoms with E-state index in [2.05, 4.69) is 56.1 Å². The molecule has 0 aliphatic heterocycles. The van der Waals surface area contributed by atoms with Gasteiger partial charge in [-0.05, 0) is 49.1 Å². The van der Waals surface area contributed by atoms with Gasteiger partial charge in [0.05, 0.1) is 0 Å². The lowest BCUT2D eigenvalue weighted by Gasteiger charge is -2.07. The van der Waals surface area contributed by atoms with Crippen LogP contribution in [-0.4, -0.2) is 13.3 Å². The highest BCUT2D eigenvalue weighted by Crippen LogP contribution is 2.21. The summed E-state index contributed by atoms with van der Waals surface area (Å²) in [5.41, 5.74) is 5.23. The van der Waals surface area contributed by atoms with Crippen LogP contribution in [0.3, 0.4) is 0 Å². The summed E-state index contributed by atoms with van der Waals surface area (Å²) in [5, 5.41) is 0. The number of hydrogen-bond donors (Lipinski definition) is 0. The Morgan fingerprint density at radius 2 is 1.88 bits per heavy atom. The first-order valence-corrected chi connectivity index (χ1v) is 5.49. The molecule has 0 atom stereocenters. The van der Waals surface area contributed by atoms with Gasteiger partial charge in [0, 0.05) is 13.3 Å². The monoisotopic (exact) mass is 213 g/mol. The van der Waals surface area contributed by atoms with Gasteiger partial charge in [-0.1, -0.05) is 30.3 Å². The molecule has 0 spiro atoms. The Balaban J connectivity index is 3.04. The zero-order valence-electron chi connectivity index (χ0n) is 10.5. The molecule has 0 saturated carbocycles. The Kier molecular flexibility index (Phi) is 4.71. The van der Waals surface area contributed by atoms with Crippen molar-refractivity contribution in [3.63, 3.8) is 0 Å². The minimum atomic E-state index is 1.27. The van der Waals surface area contributed by atoms with Gasteiger partial charge in [-0.2, -0.15) is 0 Å². The molecule has 0 heterocycles. The van der Waals surface area contributed by atoms with Crippen LogP contribution in [0, 0.1) is 6.92 Å². The molecular formula is C15H19N. The average molecular weight is 213 g/mol. The van der Waals surface area contributed by atoms with E-state index in [4.69, 9.17) is 0 Å². The predicted molar refractivity (Wildman–Crippen MR) is 73.0 cm³/mol. The fourth-order valence-electron chi connectivity index (χ4n) is 1.60. The number of benzene rings is 1. The first-order valence-electron chi connectivity index (χ1n) is 5.49. The summed E-state index contributed by atoms with van der Waals surface area (Å²) in [6, 6.07) is 8.45. The fraction of sp³-hybridized carbons (Fsp3) is 0.267. The SMILES string of the molecule is CN=C/C=C\C(C)=C(/C)c1ccccc1C. The highest BCUT2D eigenvalue weighted by Gasteiger charge is 2.00. The molecule has 0 aliphatic carbocycles. The second-order valence-corrected chi connectivity index (χ2v) is 3.89. The van der Waals surface area contributed by atoms with Gasteiger partial charge in [-0.25, -0.2) is 0 Å². The van der Waals surface area contributed by atoms with Crippen LogP contribution in [-0.2, 0) is 0 Å². The first-order chi connectivity index (χ1) is 7.66. The molecular weight excluding hydrogens is 194 g/mol. The van der Waals surface area contributed by atoms with Crippen LogP contribution >= 0.6 is 0 Å². The molecule has 0 unspecified atom stereocenters. The van der Waals surface area contributed by atoms with E-state index >= 15 is 0 Å². The molecule has 1 nitrogen and oxygen atoms in total. The molecule has 84 valence electrons. The molecule has 16 heavy (non-hydrogen) atoms. The van der Waals surface area contributed by atoms with E-state index in [9.17, 15) is 0 Å². The summed E-state index contributed by atoms with van der Waals surface area (Å²) in [6.45, 7) is 6.43. The highest BCUT2D eigenvalue weighted by atomic mass is 14.6. The normalized spacial score (nSPS) is 13.5. The quantitative estimate of drug-likeness (QED) is 0.530. The summed E-state index contributed by atoms with van der Waals surface area (Å²) in [6.07, 6.45) is 5.86. The number of allylic oxidation sites excluding steroid dienone is 4. The molecule has 1 aromatic carbocycles. The van der Waals surface area contributed by atoms with Crippen molar-refractivity contribution in [2.45, 2.75) is 20.8 Å². The lowest BCUT2D eigenvalue weighted by Crippen LogP contribution is -1.87. The largest absolute Gasteiger partial charge is 0.297 e. The van der Waals surface area contributed by atoms with Gasteiger partial charge in [0.2, 0.25) is 0 Å². The molecule has 0 fully saturated rings. The Hall–Kier alpha value is -1.63. The summed E-state index contributed by atoms with van der Waals surface area (Å²) in [5.74, 6) is 0. The standard InChI is InChI=1S/C15H19N/c1-12(9-7-11-16-4)14(3)15-10-6-5-8-13(15)2/h5-11H,1-4H3/b9-7-,14-12+,16-11?. The van der Waals surface area contributed by atoms with E-state index in [1.165, 1.54) is 22.3 Å². The third-order valence-electron chi connectivity index (χ3n) is 2.72. The van der Waals surface area contributed by atoms with Gasteiger partial charge in [0.25, 0.3) is 0 Å². The average Bonchev–Trinajstić information content (AvgIpc) is 2.29. The Morgan fingerprint density at radius 3 is 2.50 bits per heavy atom. The maximum Gasteiger partial charge on any atom is 0.0277 e. The van der Waals surface area contributed by atoms with Crippen molar-refractivity contribution >= 4 is 11.8 Å². The third kappa shape index (κ3) is 3.20.